The lowest BCUT2D eigenvalue weighted by Gasteiger charge is -2.21. The van der Waals surface area contributed by atoms with Crippen LogP contribution in [-0.2, 0) is 6.42 Å². The van der Waals surface area contributed by atoms with Crippen molar-refractivity contribution in [3.8, 4) is 5.75 Å². The lowest BCUT2D eigenvalue weighted by molar-refractivity contribution is -0.645. The van der Waals surface area contributed by atoms with Gasteiger partial charge in [0, 0.05) is 0 Å². The summed E-state index contributed by atoms with van der Waals surface area (Å²) in [4.78, 5) is 15.6. The van der Waals surface area contributed by atoms with Gasteiger partial charge in [0.05, 0.1) is 6.10 Å². The molecule has 0 saturated carbocycles. The molecule has 2 aromatic carbocycles. The molecule has 0 amide bonds. The Morgan fingerprint density at radius 3 is 2.47 bits per heavy atom. The van der Waals surface area contributed by atoms with Crippen molar-refractivity contribution in [3.63, 3.8) is 0 Å². The van der Waals surface area contributed by atoms with Gasteiger partial charge in [-0.25, -0.2) is 4.79 Å². The van der Waals surface area contributed by atoms with Gasteiger partial charge in [-0.3, -0.25) is 4.90 Å². The predicted octanol–water partition coefficient (Wildman–Crippen LogP) is 4.22. The molecule has 1 aromatic heterocycles. The first kappa shape index (κ1) is 23.7. The van der Waals surface area contributed by atoms with Crippen LogP contribution in [0, 0.1) is 5.21 Å². The minimum absolute atomic E-state index is 0.233. The summed E-state index contributed by atoms with van der Waals surface area (Å²) in [5.41, 5.74) is 1.91. The molecule has 0 radical (unpaired) electrons. The normalized spacial score (nSPS) is 13.4. The molecule has 1 heterocycles. The summed E-state index contributed by atoms with van der Waals surface area (Å²) in [6, 6.07) is 14.5. The molecule has 172 valence electrons. The van der Waals surface area contributed by atoms with E-state index in [4.69, 9.17) is 4.74 Å². The highest BCUT2D eigenvalue weighted by Gasteiger charge is 2.31. The summed E-state index contributed by atoms with van der Waals surface area (Å²) >= 11 is 0. The van der Waals surface area contributed by atoms with E-state index in [2.05, 4.69) is 19.1 Å². The molecule has 1 unspecified atom stereocenters. The number of fused-ring (bicyclic) bond motifs is 1. The highest BCUT2D eigenvalue weighted by Crippen LogP contribution is 2.20. The minimum Gasteiger partial charge on any atom is -0.691 e. The van der Waals surface area contributed by atoms with Gasteiger partial charge in [-0.15, -0.1) is 4.85 Å². The van der Waals surface area contributed by atoms with Crippen molar-refractivity contribution < 1.29 is 14.4 Å². The van der Waals surface area contributed by atoms with Crippen LogP contribution in [0.1, 0.15) is 56.3 Å². The maximum absolute atomic E-state index is 13.3. The Bertz CT molecular complexity index is 1010. The molecule has 3 rings (SSSR count). The Morgan fingerprint density at radius 2 is 1.81 bits per heavy atom. The smallest absolute Gasteiger partial charge is 0.352 e. The maximum Gasteiger partial charge on any atom is 0.352 e. The fourth-order valence-corrected chi connectivity index (χ4v) is 3.91. The molecule has 0 N–H and O–H groups in total. The van der Waals surface area contributed by atoms with E-state index >= 15 is 0 Å². The predicted molar refractivity (Wildman–Crippen MR) is 126 cm³/mol. The molecule has 32 heavy (non-hydrogen) atoms. The number of rotatable bonds is 11. The number of likely N-dealkylation sites (N-methyl/N-ethyl adjacent to an activating group) is 1. The minimum atomic E-state index is -0.456. The van der Waals surface area contributed by atoms with Crippen molar-refractivity contribution in [1.29, 1.82) is 0 Å². The third-order valence-corrected chi connectivity index (χ3v) is 5.75. The number of aromatic nitrogens is 3. The Kier molecular flexibility index (Phi) is 8.22. The number of unbranched alkanes of at least 4 members (excludes halogenated alkanes) is 1. The van der Waals surface area contributed by atoms with Crippen molar-refractivity contribution in [2.45, 2.75) is 64.5 Å². The van der Waals surface area contributed by atoms with Crippen LogP contribution in [-0.4, -0.2) is 46.9 Å². The Balaban J connectivity index is 1.74. The van der Waals surface area contributed by atoms with Gasteiger partial charge in [0.25, 0.3) is 0 Å². The molecule has 2 atom stereocenters. The van der Waals surface area contributed by atoms with E-state index in [1.54, 1.807) is 24.3 Å². The van der Waals surface area contributed by atoms with Gasteiger partial charge >= 0.3 is 5.91 Å². The van der Waals surface area contributed by atoms with E-state index < -0.39 is 6.04 Å². The van der Waals surface area contributed by atoms with Crippen LogP contribution in [0.3, 0.4) is 0 Å². The van der Waals surface area contributed by atoms with E-state index in [-0.39, 0.29) is 12.0 Å². The lowest BCUT2D eigenvalue weighted by atomic mass is 10.0. The molecule has 0 spiro atoms. The van der Waals surface area contributed by atoms with Gasteiger partial charge in [0.1, 0.15) is 17.0 Å². The van der Waals surface area contributed by atoms with Crippen LogP contribution < -0.4 is 9.58 Å². The third kappa shape index (κ3) is 5.65. The SMILES string of the molecule is CCCCC(CCC)Oc1ccc(C[C@@H](C(=O)n2n[n+]([O-])c3ccccc32)N(C)C)cc1. The zero-order valence-electron chi connectivity index (χ0n) is 19.5. The summed E-state index contributed by atoms with van der Waals surface area (Å²) in [6.07, 6.45) is 6.31. The second-order valence-corrected chi connectivity index (χ2v) is 8.50. The fraction of sp³-hybridized carbons (Fsp3) is 0.480. The van der Waals surface area contributed by atoms with E-state index in [0.29, 0.717) is 22.3 Å². The average molecular weight is 439 g/mol. The van der Waals surface area contributed by atoms with Crippen molar-refractivity contribution in [2.75, 3.05) is 14.1 Å². The van der Waals surface area contributed by atoms with Gasteiger partial charge in [-0.05, 0) is 63.2 Å². The standard InChI is InChI=1S/C25H34N4O3/c1-5-7-11-20(10-6-2)32-21-16-14-19(15-17-21)18-24(27(3)4)25(30)28-22-12-8-9-13-23(22)29(31)26-28/h8-9,12-17,20,24H,5-7,10-11,18H2,1-4H3/t20?,24-/m0/s1. The molecule has 0 aliphatic carbocycles. The van der Waals surface area contributed by atoms with Crippen LogP contribution in [0.25, 0.3) is 11.0 Å². The zero-order valence-corrected chi connectivity index (χ0v) is 19.5. The number of carbonyl (C=O) groups excluding carboxylic acids is 1. The zero-order chi connectivity index (χ0) is 23.1. The number of benzene rings is 2. The first-order valence-corrected chi connectivity index (χ1v) is 11.5. The van der Waals surface area contributed by atoms with Gasteiger partial charge in [0.15, 0.2) is 0 Å². The molecule has 0 aliphatic heterocycles. The number of para-hydroxylation sites is 2. The molecule has 0 bridgehead atoms. The highest BCUT2D eigenvalue weighted by molar-refractivity contribution is 5.91. The topological polar surface area (TPSA) is 74.3 Å². The molecular formula is C25H34N4O3. The van der Waals surface area contributed by atoms with Crippen molar-refractivity contribution in [1.82, 2.24) is 14.8 Å². The number of ether oxygens (including phenoxy) is 1. The first-order chi connectivity index (χ1) is 15.4. The molecule has 0 saturated heterocycles. The summed E-state index contributed by atoms with van der Waals surface area (Å²) in [6.45, 7) is 4.38. The van der Waals surface area contributed by atoms with Crippen LogP contribution in [0.5, 0.6) is 5.75 Å². The summed E-state index contributed by atoms with van der Waals surface area (Å²) in [5.74, 6) is 0.630. The molecule has 7 heteroatoms. The van der Waals surface area contributed by atoms with E-state index in [9.17, 15) is 10.0 Å². The van der Waals surface area contributed by atoms with Crippen LogP contribution >= 0.6 is 0 Å². The van der Waals surface area contributed by atoms with E-state index in [1.807, 2.05) is 43.3 Å². The largest absolute Gasteiger partial charge is 0.691 e. The number of hydrogen-bond acceptors (Lipinski definition) is 5. The lowest BCUT2D eigenvalue weighted by Crippen LogP contribution is -2.42. The van der Waals surface area contributed by atoms with Gasteiger partial charge in [0.2, 0.25) is 11.0 Å². The third-order valence-electron chi connectivity index (χ3n) is 5.75. The average Bonchev–Trinajstić information content (AvgIpc) is 3.13. The van der Waals surface area contributed by atoms with Crippen LogP contribution in [0.4, 0.5) is 0 Å². The van der Waals surface area contributed by atoms with E-state index in [0.717, 1.165) is 30.6 Å². The second-order valence-electron chi connectivity index (χ2n) is 8.50. The number of carbonyl (C=O) groups is 1. The fourth-order valence-electron chi connectivity index (χ4n) is 3.91. The van der Waals surface area contributed by atoms with Crippen molar-refractivity contribution >= 4 is 16.9 Å². The van der Waals surface area contributed by atoms with Crippen LogP contribution in [0.15, 0.2) is 48.5 Å². The molecule has 7 nitrogen and oxygen atoms in total. The summed E-state index contributed by atoms with van der Waals surface area (Å²) < 4.78 is 7.42. The highest BCUT2D eigenvalue weighted by atomic mass is 16.5. The molecular weight excluding hydrogens is 404 g/mol. The number of nitrogens with zero attached hydrogens (tertiary/aromatic N) is 4. The Morgan fingerprint density at radius 1 is 1.09 bits per heavy atom. The van der Waals surface area contributed by atoms with Crippen molar-refractivity contribution in [2.24, 2.45) is 0 Å². The second kappa shape index (κ2) is 11.1. The van der Waals surface area contributed by atoms with Gasteiger partial charge in [-0.1, -0.05) is 62.1 Å². The maximum atomic E-state index is 13.3. The van der Waals surface area contributed by atoms with Crippen LogP contribution in [0.2, 0.25) is 0 Å². The van der Waals surface area contributed by atoms with Gasteiger partial charge in [-0.2, -0.15) is 0 Å². The monoisotopic (exact) mass is 438 g/mol. The molecule has 3 aromatic rings. The quantitative estimate of drug-likeness (QED) is 0.331. The summed E-state index contributed by atoms with van der Waals surface area (Å²) in [7, 11) is 3.72. The Hall–Kier alpha value is -2.93. The van der Waals surface area contributed by atoms with E-state index in [1.165, 1.54) is 17.5 Å². The Labute approximate surface area is 190 Å². The molecule has 0 aliphatic rings. The first-order valence-electron chi connectivity index (χ1n) is 11.5. The summed E-state index contributed by atoms with van der Waals surface area (Å²) in [5, 5.41) is 16.0. The number of hydrogen-bond donors (Lipinski definition) is 0. The molecule has 0 fully saturated rings. The van der Waals surface area contributed by atoms with Gasteiger partial charge < -0.3 is 9.94 Å². The van der Waals surface area contributed by atoms with Crippen molar-refractivity contribution in [3.05, 3.63) is 59.3 Å².